The van der Waals surface area contributed by atoms with Crippen molar-refractivity contribution in [3.05, 3.63) is 53.7 Å². The van der Waals surface area contributed by atoms with Crippen molar-refractivity contribution in [3.63, 3.8) is 0 Å². The first kappa shape index (κ1) is 14.3. The Morgan fingerprint density at radius 3 is 2.75 bits per heavy atom. The third-order valence-electron chi connectivity index (χ3n) is 2.95. The van der Waals surface area contributed by atoms with E-state index in [2.05, 4.69) is 4.98 Å². The van der Waals surface area contributed by atoms with Crippen molar-refractivity contribution in [1.82, 2.24) is 4.98 Å². The van der Waals surface area contributed by atoms with Crippen LogP contribution in [-0.4, -0.2) is 16.2 Å². The first-order valence-electron chi connectivity index (χ1n) is 6.70. The fourth-order valence-electron chi connectivity index (χ4n) is 2.02. The summed E-state index contributed by atoms with van der Waals surface area (Å²) in [7, 11) is 0. The number of hydrogen-bond donors (Lipinski definition) is 2. The van der Waals surface area contributed by atoms with Crippen molar-refractivity contribution in [2.45, 2.75) is 32.5 Å². The van der Waals surface area contributed by atoms with Crippen LogP contribution in [-0.2, 0) is 6.42 Å². The molecule has 1 aromatic carbocycles. The van der Waals surface area contributed by atoms with Gasteiger partial charge in [0, 0.05) is 12.6 Å². The minimum Gasteiger partial charge on any atom is -0.491 e. The molecule has 0 amide bonds. The van der Waals surface area contributed by atoms with E-state index in [-0.39, 0.29) is 6.10 Å². The largest absolute Gasteiger partial charge is 0.491 e. The van der Waals surface area contributed by atoms with Crippen LogP contribution in [0.25, 0.3) is 0 Å². The van der Waals surface area contributed by atoms with Crippen LogP contribution in [0.15, 0.2) is 42.6 Å². The van der Waals surface area contributed by atoms with Crippen LogP contribution < -0.4 is 10.5 Å². The summed E-state index contributed by atoms with van der Waals surface area (Å²) in [6.07, 6.45) is 1.56. The van der Waals surface area contributed by atoms with E-state index in [1.54, 1.807) is 6.20 Å². The average molecular weight is 272 g/mol. The van der Waals surface area contributed by atoms with Crippen LogP contribution in [0.3, 0.4) is 0 Å². The normalized spacial score (nSPS) is 12.4. The van der Waals surface area contributed by atoms with Gasteiger partial charge < -0.3 is 15.6 Å². The lowest BCUT2D eigenvalue weighted by Crippen LogP contribution is -2.08. The second kappa shape index (κ2) is 6.39. The molecular formula is C16H20N2O2. The van der Waals surface area contributed by atoms with Gasteiger partial charge in [0.2, 0.25) is 0 Å². The van der Waals surface area contributed by atoms with Gasteiger partial charge in [0.25, 0.3) is 0 Å². The van der Waals surface area contributed by atoms with Gasteiger partial charge in [-0.15, -0.1) is 0 Å². The fraction of sp³-hybridized carbons (Fsp3) is 0.312. The molecule has 20 heavy (non-hydrogen) atoms. The van der Waals surface area contributed by atoms with Crippen molar-refractivity contribution >= 4 is 5.82 Å². The van der Waals surface area contributed by atoms with E-state index in [0.29, 0.717) is 12.2 Å². The molecule has 0 aliphatic carbocycles. The maximum Gasteiger partial charge on any atom is 0.126 e. The molecule has 1 aromatic heterocycles. The van der Waals surface area contributed by atoms with Crippen LogP contribution in [0.5, 0.6) is 5.75 Å². The SMILES string of the molecule is CC(C)Oc1cccc(C(O)Cc2cccnc2N)c1. The van der Waals surface area contributed by atoms with Crippen LogP contribution in [0.4, 0.5) is 5.82 Å². The van der Waals surface area contributed by atoms with Gasteiger partial charge in [0.15, 0.2) is 0 Å². The molecule has 0 saturated heterocycles. The summed E-state index contributed by atoms with van der Waals surface area (Å²) in [5, 5.41) is 10.3. The molecule has 1 atom stereocenters. The van der Waals surface area contributed by atoms with E-state index >= 15 is 0 Å². The number of benzene rings is 1. The lowest BCUT2D eigenvalue weighted by Gasteiger charge is -2.15. The van der Waals surface area contributed by atoms with Crippen molar-refractivity contribution in [1.29, 1.82) is 0 Å². The number of pyridine rings is 1. The Bertz CT molecular complexity index is 570. The average Bonchev–Trinajstić information content (AvgIpc) is 2.41. The Kier molecular flexibility index (Phi) is 4.58. The second-order valence-electron chi connectivity index (χ2n) is 5.01. The molecule has 0 radical (unpaired) electrons. The zero-order chi connectivity index (χ0) is 14.5. The summed E-state index contributed by atoms with van der Waals surface area (Å²) in [6, 6.07) is 11.2. The summed E-state index contributed by atoms with van der Waals surface area (Å²) >= 11 is 0. The molecule has 0 spiro atoms. The predicted molar refractivity (Wildman–Crippen MR) is 79.5 cm³/mol. The minimum atomic E-state index is -0.628. The second-order valence-corrected chi connectivity index (χ2v) is 5.01. The molecule has 1 unspecified atom stereocenters. The number of nitrogen functional groups attached to an aromatic ring is 1. The first-order valence-corrected chi connectivity index (χ1v) is 6.70. The highest BCUT2D eigenvalue weighted by atomic mass is 16.5. The lowest BCUT2D eigenvalue weighted by atomic mass is 10.0. The molecule has 4 heteroatoms. The highest BCUT2D eigenvalue weighted by Gasteiger charge is 2.12. The van der Waals surface area contributed by atoms with Crippen molar-refractivity contribution in [2.75, 3.05) is 5.73 Å². The number of ether oxygens (including phenoxy) is 1. The van der Waals surface area contributed by atoms with Gasteiger partial charge in [-0.1, -0.05) is 18.2 Å². The smallest absolute Gasteiger partial charge is 0.126 e. The molecule has 0 bridgehead atoms. The summed E-state index contributed by atoms with van der Waals surface area (Å²) in [4.78, 5) is 4.02. The van der Waals surface area contributed by atoms with Crippen LogP contribution in [0.1, 0.15) is 31.1 Å². The zero-order valence-corrected chi connectivity index (χ0v) is 11.8. The Morgan fingerprint density at radius 2 is 2.05 bits per heavy atom. The van der Waals surface area contributed by atoms with E-state index in [1.807, 2.05) is 50.2 Å². The Balaban J connectivity index is 2.13. The molecule has 106 valence electrons. The third kappa shape index (κ3) is 3.71. The standard InChI is InChI=1S/C16H20N2O2/c1-11(2)20-14-7-3-5-12(9-14)15(19)10-13-6-4-8-18-16(13)17/h3-9,11,15,19H,10H2,1-2H3,(H2,17,18). The van der Waals surface area contributed by atoms with Crippen LogP contribution >= 0.6 is 0 Å². The van der Waals surface area contributed by atoms with Crippen molar-refractivity contribution in [2.24, 2.45) is 0 Å². The molecule has 0 fully saturated rings. The predicted octanol–water partition coefficient (Wildman–Crippen LogP) is 2.73. The molecule has 0 saturated carbocycles. The summed E-state index contributed by atoms with van der Waals surface area (Å²) in [5.74, 6) is 1.22. The van der Waals surface area contributed by atoms with Gasteiger partial charge in [0.1, 0.15) is 11.6 Å². The summed E-state index contributed by atoms with van der Waals surface area (Å²) in [6.45, 7) is 3.94. The summed E-state index contributed by atoms with van der Waals surface area (Å²) < 4.78 is 5.63. The first-order chi connectivity index (χ1) is 9.56. The number of nitrogens with zero attached hydrogens (tertiary/aromatic N) is 1. The molecule has 2 rings (SSSR count). The monoisotopic (exact) mass is 272 g/mol. The van der Waals surface area contributed by atoms with E-state index < -0.39 is 6.10 Å². The molecule has 1 heterocycles. The van der Waals surface area contributed by atoms with Gasteiger partial charge >= 0.3 is 0 Å². The maximum absolute atomic E-state index is 10.3. The van der Waals surface area contributed by atoms with E-state index in [1.165, 1.54) is 0 Å². The van der Waals surface area contributed by atoms with Gasteiger partial charge in [-0.2, -0.15) is 0 Å². The number of aromatic nitrogens is 1. The van der Waals surface area contributed by atoms with Crippen molar-refractivity contribution in [3.8, 4) is 5.75 Å². The number of aliphatic hydroxyl groups excluding tert-OH is 1. The van der Waals surface area contributed by atoms with E-state index in [9.17, 15) is 5.11 Å². The van der Waals surface area contributed by atoms with Gasteiger partial charge in [-0.05, 0) is 43.2 Å². The Hall–Kier alpha value is -2.07. The quantitative estimate of drug-likeness (QED) is 0.878. The molecular weight excluding hydrogens is 252 g/mol. The Labute approximate surface area is 119 Å². The van der Waals surface area contributed by atoms with Crippen molar-refractivity contribution < 1.29 is 9.84 Å². The molecule has 0 aliphatic heterocycles. The number of anilines is 1. The van der Waals surface area contributed by atoms with Crippen LogP contribution in [0.2, 0.25) is 0 Å². The number of nitrogens with two attached hydrogens (primary N) is 1. The van der Waals surface area contributed by atoms with Crippen LogP contribution in [0, 0.1) is 0 Å². The minimum absolute atomic E-state index is 0.108. The molecule has 4 nitrogen and oxygen atoms in total. The highest BCUT2D eigenvalue weighted by Crippen LogP contribution is 2.24. The van der Waals surface area contributed by atoms with Gasteiger partial charge in [-0.25, -0.2) is 4.98 Å². The van der Waals surface area contributed by atoms with E-state index in [4.69, 9.17) is 10.5 Å². The van der Waals surface area contributed by atoms with Gasteiger partial charge in [-0.3, -0.25) is 0 Å². The molecule has 2 aromatic rings. The number of hydrogen-bond acceptors (Lipinski definition) is 4. The van der Waals surface area contributed by atoms with E-state index in [0.717, 1.165) is 16.9 Å². The fourth-order valence-corrected chi connectivity index (χ4v) is 2.02. The topological polar surface area (TPSA) is 68.4 Å². The number of rotatable bonds is 5. The molecule has 0 aliphatic rings. The zero-order valence-electron chi connectivity index (χ0n) is 11.8. The molecule has 3 N–H and O–H groups in total. The third-order valence-corrected chi connectivity index (χ3v) is 2.95. The maximum atomic E-state index is 10.3. The Morgan fingerprint density at radius 1 is 1.25 bits per heavy atom. The van der Waals surface area contributed by atoms with Gasteiger partial charge in [0.05, 0.1) is 12.2 Å². The summed E-state index contributed by atoms with van der Waals surface area (Å²) in [5.41, 5.74) is 7.45. The highest BCUT2D eigenvalue weighted by molar-refractivity contribution is 5.40. The number of aliphatic hydroxyl groups is 1. The lowest BCUT2D eigenvalue weighted by molar-refractivity contribution is 0.177.